The summed E-state index contributed by atoms with van der Waals surface area (Å²) in [6.07, 6.45) is 14.2. The number of hydrogen-bond acceptors (Lipinski definition) is 1. The van der Waals surface area contributed by atoms with Crippen molar-refractivity contribution in [2.45, 2.75) is 0 Å². The molecule has 92 valence electrons. The van der Waals surface area contributed by atoms with Crippen molar-refractivity contribution >= 4 is 11.8 Å². The summed E-state index contributed by atoms with van der Waals surface area (Å²) in [5.74, 6) is 0.212. The molecule has 3 aliphatic rings. The van der Waals surface area contributed by atoms with E-state index in [2.05, 4.69) is 30.4 Å². The summed E-state index contributed by atoms with van der Waals surface area (Å²) in [4.78, 5) is 0. The van der Waals surface area contributed by atoms with Crippen LogP contribution in [0.3, 0.4) is 0 Å². The van der Waals surface area contributed by atoms with Crippen molar-refractivity contribution in [3.05, 3.63) is 87.6 Å². The fraction of sp³-hybridized carbons (Fsp3) is 0.0588. The zero-order valence-electron chi connectivity index (χ0n) is 10.3. The zero-order chi connectivity index (χ0) is 12.8. The lowest BCUT2D eigenvalue weighted by atomic mass is 9.80. The van der Waals surface area contributed by atoms with Gasteiger partial charge in [0.2, 0.25) is 0 Å². The topological polar surface area (TPSA) is 27.5 Å². The maximum absolute atomic E-state index is 12.2. The number of hydroxylamine groups is 2. The number of nitrogens with one attached hydrogen (secondary N) is 1. The molecule has 2 nitrogen and oxygen atoms in total. The molecule has 1 aliphatic heterocycles. The monoisotopic (exact) mass is 247 g/mol. The van der Waals surface area contributed by atoms with E-state index >= 15 is 0 Å². The molecule has 1 aromatic rings. The SMILES string of the molecule is [O-][NH+]1C=c2ccccc2=C2C1=CC=C1C=CC=CC12. The van der Waals surface area contributed by atoms with Gasteiger partial charge in [-0.05, 0) is 16.9 Å². The second kappa shape index (κ2) is 3.92. The molecule has 0 saturated heterocycles. The van der Waals surface area contributed by atoms with Crippen molar-refractivity contribution in [1.82, 2.24) is 0 Å². The van der Waals surface area contributed by atoms with Crippen LogP contribution in [-0.2, 0) is 0 Å². The summed E-state index contributed by atoms with van der Waals surface area (Å²) in [6.45, 7) is 0. The van der Waals surface area contributed by atoms with Crippen LogP contribution < -0.4 is 15.5 Å². The number of rotatable bonds is 0. The van der Waals surface area contributed by atoms with Gasteiger partial charge >= 0.3 is 0 Å². The van der Waals surface area contributed by atoms with Crippen molar-refractivity contribution in [2.24, 2.45) is 5.92 Å². The van der Waals surface area contributed by atoms with Crippen LogP contribution in [-0.4, -0.2) is 0 Å². The van der Waals surface area contributed by atoms with Gasteiger partial charge in [-0.3, -0.25) is 0 Å². The lowest BCUT2D eigenvalue weighted by Gasteiger charge is -2.32. The van der Waals surface area contributed by atoms with Gasteiger partial charge < -0.3 is 10.3 Å². The average Bonchev–Trinajstić information content (AvgIpc) is 2.47. The summed E-state index contributed by atoms with van der Waals surface area (Å²) >= 11 is 0. The minimum atomic E-state index is 0.118. The maximum atomic E-state index is 12.2. The molecular weight excluding hydrogens is 234 g/mol. The molecule has 0 saturated carbocycles. The summed E-state index contributed by atoms with van der Waals surface area (Å²) in [6, 6.07) is 8.13. The Bertz CT molecular complexity index is 793. The van der Waals surface area contributed by atoms with Crippen LogP contribution in [0.1, 0.15) is 0 Å². The first-order valence-electron chi connectivity index (χ1n) is 6.47. The van der Waals surface area contributed by atoms with Crippen LogP contribution in [0.15, 0.2) is 72.0 Å². The quantitative estimate of drug-likeness (QED) is 0.666. The first-order chi connectivity index (χ1) is 9.34. The molecule has 19 heavy (non-hydrogen) atoms. The third kappa shape index (κ3) is 1.51. The molecule has 0 bridgehead atoms. The molecular formula is C17H13NO. The summed E-state index contributed by atoms with van der Waals surface area (Å²) in [7, 11) is 0. The molecule has 0 spiro atoms. The van der Waals surface area contributed by atoms with Gasteiger partial charge in [-0.15, -0.1) is 0 Å². The molecule has 2 unspecified atom stereocenters. The van der Waals surface area contributed by atoms with E-state index in [1.54, 1.807) is 6.20 Å². The summed E-state index contributed by atoms with van der Waals surface area (Å²) in [5.41, 5.74) is 3.25. The lowest BCUT2D eigenvalue weighted by molar-refractivity contribution is -0.709. The van der Waals surface area contributed by atoms with Crippen LogP contribution in [0.4, 0.5) is 0 Å². The Morgan fingerprint density at radius 1 is 1.05 bits per heavy atom. The van der Waals surface area contributed by atoms with Crippen molar-refractivity contribution < 1.29 is 5.06 Å². The normalized spacial score (nSPS) is 26.7. The Hall–Kier alpha value is -2.16. The van der Waals surface area contributed by atoms with Crippen molar-refractivity contribution in [1.29, 1.82) is 0 Å². The molecule has 0 amide bonds. The molecule has 2 atom stereocenters. The lowest BCUT2D eigenvalue weighted by Crippen LogP contribution is -3.01. The molecule has 0 aromatic heterocycles. The second-order valence-electron chi connectivity index (χ2n) is 4.98. The van der Waals surface area contributed by atoms with Crippen LogP contribution in [0, 0.1) is 11.1 Å². The van der Waals surface area contributed by atoms with E-state index in [-0.39, 0.29) is 11.0 Å². The average molecular weight is 247 g/mol. The van der Waals surface area contributed by atoms with Crippen LogP contribution in [0.5, 0.6) is 0 Å². The molecule has 1 heterocycles. The Labute approximate surface area is 111 Å². The van der Waals surface area contributed by atoms with E-state index in [9.17, 15) is 5.21 Å². The Balaban J connectivity index is 2.11. The number of hydrogen-bond donors (Lipinski definition) is 1. The molecule has 4 rings (SSSR count). The van der Waals surface area contributed by atoms with Gasteiger partial charge in [0.05, 0.1) is 0 Å². The minimum Gasteiger partial charge on any atom is -0.624 e. The molecule has 0 fully saturated rings. The van der Waals surface area contributed by atoms with Crippen LogP contribution in [0.2, 0.25) is 0 Å². The molecule has 1 N–H and O–H groups in total. The number of benzene rings is 1. The standard InChI is InChI=1S/C17H13NO/c19-18-11-13-6-2-4-8-15(13)17-14-7-3-1-5-12(14)9-10-16(17)18/h1-11,14,18H. The Kier molecular flexibility index (Phi) is 2.21. The van der Waals surface area contributed by atoms with E-state index < -0.39 is 0 Å². The molecule has 2 heteroatoms. The third-order valence-electron chi connectivity index (χ3n) is 3.91. The van der Waals surface area contributed by atoms with Crippen molar-refractivity contribution in [3.63, 3.8) is 0 Å². The van der Waals surface area contributed by atoms with E-state index in [0.717, 1.165) is 16.5 Å². The maximum Gasteiger partial charge on any atom is 0.140 e. The summed E-state index contributed by atoms with van der Waals surface area (Å²) < 4.78 is 0. The predicted molar refractivity (Wildman–Crippen MR) is 75.8 cm³/mol. The minimum absolute atomic E-state index is 0.118. The highest BCUT2D eigenvalue weighted by atomic mass is 16.5. The van der Waals surface area contributed by atoms with Crippen molar-refractivity contribution in [2.75, 3.05) is 0 Å². The van der Waals surface area contributed by atoms with Gasteiger partial charge in [0, 0.05) is 22.8 Å². The number of fused-ring (bicyclic) bond motifs is 4. The molecule has 2 aliphatic carbocycles. The highest BCUT2D eigenvalue weighted by molar-refractivity contribution is 5.74. The van der Waals surface area contributed by atoms with Gasteiger partial charge in [0.15, 0.2) is 0 Å². The first kappa shape index (κ1) is 10.7. The van der Waals surface area contributed by atoms with Crippen molar-refractivity contribution in [3.8, 4) is 0 Å². The van der Waals surface area contributed by atoms with Gasteiger partial charge in [-0.2, -0.15) is 0 Å². The number of allylic oxidation sites excluding steroid dienone is 8. The van der Waals surface area contributed by atoms with Crippen LogP contribution in [0.25, 0.3) is 11.8 Å². The van der Waals surface area contributed by atoms with Gasteiger partial charge in [-0.25, -0.2) is 0 Å². The van der Waals surface area contributed by atoms with Crippen LogP contribution >= 0.6 is 0 Å². The molecule has 1 aromatic carbocycles. The largest absolute Gasteiger partial charge is 0.624 e. The van der Waals surface area contributed by atoms with E-state index in [0.29, 0.717) is 0 Å². The summed E-state index contributed by atoms with van der Waals surface area (Å²) in [5, 5.41) is 14.6. The van der Waals surface area contributed by atoms with E-state index in [1.807, 2.05) is 30.4 Å². The van der Waals surface area contributed by atoms with E-state index in [1.165, 1.54) is 10.8 Å². The second-order valence-corrected chi connectivity index (χ2v) is 4.98. The van der Waals surface area contributed by atoms with Gasteiger partial charge in [-0.1, -0.05) is 48.6 Å². The Morgan fingerprint density at radius 3 is 2.89 bits per heavy atom. The highest BCUT2D eigenvalue weighted by Crippen LogP contribution is 2.33. The smallest absolute Gasteiger partial charge is 0.140 e. The fourth-order valence-corrected chi connectivity index (χ4v) is 3.03. The zero-order valence-corrected chi connectivity index (χ0v) is 10.3. The predicted octanol–water partition coefficient (Wildman–Crippen LogP) is 0.538. The van der Waals surface area contributed by atoms with E-state index in [4.69, 9.17) is 0 Å². The van der Waals surface area contributed by atoms with Gasteiger partial charge in [0.25, 0.3) is 0 Å². The molecule has 0 radical (unpaired) electrons. The van der Waals surface area contributed by atoms with Gasteiger partial charge in [0.1, 0.15) is 11.9 Å². The highest BCUT2D eigenvalue weighted by Gasteiger charge is 2.28. The first-order valence-corrected chi connectivity index (χ1v) is 6.47. The Morgan fingerprint density at radius 2 is 1.95 bits per heavy atom. The number of quaternary nitrogens is 1. The third-order valence-corrected chi connectivity index (χ3v) is 3.91. The fourth-order valence-electron chi connectivity index (χ4n) is 3.03.